The van der Waals surface area contributed by atoms with Gasteiger partial charge < -0.3 is 5.32 Å². The van der Waals surface area contributed by atoms with Crippen molar-refractivity contribution in [3.05, 3.63) is 46.3 Å². The van der Waals surface area contributed by atoms with Crippen LogP contribution in [0.1, 0.15) is 24.4 Å². The van der Waals surface area contributed by atoms with Crippen molar-refractivity contribution in [2.75, 3.05) is 11.1 Å². The Morgan fingerprint density at radius 2 is 2.23 bits per heavy atom. The molecule has 134 valence electrons. The largest absolute Gasteiger partial charge is 0.325 e. The molecule has 0 saturated heterocycles. The second-order valence-corrected chi connectivity index (χ2v) is 8.51. The summed E-state index contributed by atoms with van der Waals surface area (Å²) in [6, 6.07) is 9.98. The molecule has 26 heavy (non-hydrogen) atoms. The van der Waals surface area contributed by atoms with E-state index in [0.717, 1.165) is 40.0 Å². The fourth-order valence-electron chi connectivity index (χ4n) is 2.66. The van der Waals surface area contributed by atoms with Crippen molar-refractivity contribution in [2.24, 2.45) is 0 Å². The van der Waals surface area contributed by atoms with Gasteiger partial charge in [0.15, 0.2) is 11.0 Å². The first-order valence-electron chi connectivity index (χ1n) is 8.29. The Balaban J connectivity index is 1.46. The van der Waals surface area contributed by atoms with Crippen molar-refractivity contribution in [2.45, 2.75) is 31.0 Å². The molecule has 1 aromatic carbocycles. The Labute approximate surface area is 164 Å². The molecule has 4 rings (SSSR count). The summed E-state index contributed by atoms with van der Waals surface area (Å²) in [6.45, 7) is 1.94. The third-order valence-corrected chi connectivity index (χ3v) is 6.17. The van der Waals surface area contributed by atoms with Gasteiger partial charge in [-0.1, -0.05) is 35.5 Å². The average Bonchev–Trinajstić information content (AvgIpc) is 3.15. The topological polar surface area (TPSA) is 59.8 Å². The highest BCUT2D eigenvalue weighted by atomic mass is 35.5. The van der Waals surface area contributed by atoms with Gasteiger partial charge in [0.1, 0.15) is 0 Å². The standard InChI is InChI=1S/C18H17ClN4OS2/c1-11-4-5-12(19)9-14(11)20-16(24)10-26-18-22-21-17(15-3-2-8-25-15)23(18)13-6-7-13/h2-5,8-9,13H,6-7,10H2,1H3,(H,20,24). The number of anilines is 1. The summed E-state index contributed by atoms with van der Waals surface area (Å²) in [6.07, 6.45) is 2.27. The number of hydrogen-bond acceptors (Lipinski definition) is 5. The Morgan fingerprint density at radius 3 is 2.96 bits per heavy atom. The normalized spacial score (nSPS) is 13.8. The summed E-state index contributed by atoms with van der Waals surface area (Å²) in [5.74, 6) is 1.10. The number of halogens is 1. The van der Waals surface area contributed by atoms with Crippen molar-refractivity contribution < 1.29 is 4.79 Å². The van der Waals surface area contributed by atoms with Gasteiger partial charge in [-0.2, -0.15) is 0 Å². The van der Waals surface area contributed by atoms with Gasteiger partial charge in [-0.3, -0.25) is 9.36 Å². The molecule has 0 bridgehead atoms. The first-order valence-corrected chi connectivity index (χ1v) is 10.5. The van der Waals surface area contributed by atoms with Crippen molar-refractivity contribution in [3.8, 4) is 10.7 Å². The quantitative estimate of drug-likeness (QED) is 0.585. The number of thiophene rings is 1. The molecule has 1 saturated carbocycles. The van der Waals surface area contributed by atoms with E-state index in [1.807, 2.05) is 30.5 Å². The van der Waals surface area contributed by atoms with Crippen molar-refractivity contribution in [1.29, 1.82) is 0 Å². The summed E-state index contributed by atoms with van der Waals surface area (Å²) in [4.78, 5) is 13.5. The summed E-state index contributed by atoms with van der Waals surface area (Å²) in [7, 11) is 0. The second kappa shape index (κ2) is 7.42. The van der Waals surface area contributed by atoms with Gasteiger partial charge in [-0.25, -0.2) is 0 Å². The van der Waals surface area contributed by atoms with Gasteiger partial charge in [0.2, 0.25) is 5.91 Å². The molecule has 0 atom stereocenters. The lowest BCUT2D eigenvalue weighted by Crippen LogP contribution is -2.15. The molecule has 3 aromatic rings. The zero-order valence-electron chi connectivity index (χ0n) is 14.1. The first-order chi connectivity index (χ1) is 12.6. The fraction of sp³-hybridized carbons (Fsp3) is 0.278. The molecule has 0 spiro atoms. The highest BCUT2D eigenvalue weighted by Gasteiger charge is 2.30. The van der Waals surface area contributed by atoms with E-state index in [1.165, 1.54) is 11.8 Å². The molecule has 0 aliphatic heterocycles. The van der Waals surface area contributed by atoms with Gasteiger partial charge in [0.05, 0.1) is 10.6 Å². The molecule has 1 fully saturated rings. The summed E-state index contributed by atoms with van der Waals surface area (Å²) >= 11 is 9.08. The Hall–Kier alpha value is -1.83. The van der Waals surface area contributed by atoms with E-state index >= 15 is 0 Å². The van der Waals surface area contributed by atoms with Crippen LogP contribution in [-0.2, 0) is 4.79 Å². The Kier molecular flexibility index (Phi) is 5.02. The highest BCUT2D eigenvalue weighted by Crippen LogP contribution is 2.41. The van der Waals surface area contributed by atoms with E-state index in [4.69, 9.17) is 11.6 Å². The third kappa shape index (κ3) is 3.79. The second-order valence-electron chi connectivity index (χ2n) is 6.18. The number of benzene rings is 1. The highest BCUT2D eigenvalue weighted by molar-refractivity contribution is 7.99. The zero-order valence-corrected chi connectivity index (χ0v) is 16.5. The smallest absolute Gasteiger partial charge is 0.234 e. The van der Waals surface area contributed by atoms with E-state index in [9.17, 15) is 4.79 Å². The fourth-order valence-corrected chi connectivity index (χ4v) is 4.34. The van der Waals surface area contributed by atoms with E-state index in [2.05, 4.69) is 26.1 Å². The minimum absolute atomic E-state index is 0.0802. The van der Waals surface area contributed by atoms with Gasteiger partial charge in [-0.05, 0) is 48.9 Å². The van der Waals surface area contributed by atoms with Crippen LogP contribution in [0.2, 0.25) is 5.02 Å². The summed E-state index contributed by atoms with van der Waals surface area (Å²) in [5, 5.41) is 15.0. The third-order valence-electron chi connectivity index (χ3n) is 4.12. The number of carbonyl (C=O) groups excluding carboxylic acids is 1. The predicted octanol–water partition coefficient (Wildman–Crippen LogP) is 5.03. The van der Waals surface area contributed by atoms with E-state index in [1.54, 1.807) is 17.4 Å². The van der Waals surface area contributed by atoms with Crippen molar-refractivity contribution >= 4 is 46.3 Å². The van der Waals surface area contributed by atoms with Crippen LogP contribution in [-0.4, -0.2) is 26.4 Å². The molecule has 0 radical (unpaired) electrons. The minimum atomic E-state index is -0.0802. The van der Waals surface area contributed by atoms with Crippen molar-refractivity contribution in [1.82, 2.24) is 14.8 Å². The molecule has 1 aliphatic rings. The Bertz CT molecular complexity index is 935. The molecule has 5 nitrogen and oxygen atoms in total. The lowest BCUT2D eigenvalue weighted by molar-refractivity contribution is -0.113. The van der Waals surface area contributed by atoms with Crippen LogP contribution in [0.25, 0.3) is 10.7 Å². The van der Waals surface area contributed by atoms with Crippen LogP contribution in [0.15, 0.2) is 40.9 Å². The van der Waals surface area contributed by atoms with Crippen LogP contribution < -0.4 is 5.32 Å². The van der Waals surface area contributed by atoms with Gasteiger partial charge in [0.25, 0.3) is 0 Å². The monoisotopic (exact) mass is 404 g/mol. The maximum atomic E-state index is 12.4. The van der Waals surface area contributed by atoms with Crippen LogP contribution in [0.3, 0.4) is 0 Å². The minimum Gasteiger partial charge on any atom is -0.325 e. The number of carbonyl (C=O) groups is 1. The van der Waals surface area contributed by atoms with Crippen LogP contribution in [0.5, 0.6) is 0 Å². The maximum absolute atomic E-state index is 12.4. The number of nitrogens with one attached hydrogen (secondary N) is 1. The number of aryl methyl sites for hydroxylation is 1. The molecule has 2 heterocycles. The Morgan fingerprint density at radius 1 is 1.38 bits per heavy atom. The predicted molar refractivity (Wildman–Crippen MR) is 107 cm³/mol. The van der Waals surface area contributed by atoms with E-state index in [-0.39, 0.29) is 11.7 Å². The van der Waals surface area contributed by atoms with Gasteiger partial charge in [-0.15, -0.1) is 21.5 Å². The SMILES string of the molecule is Cc1ccc(Cl)cc1NC(=O)CSc1nnc(-c2cccs2)n1C1CC1. The molecule has 1 aliphatic carbocycles. The maximum Gasteiger partial charge on any atom is 0.234 e. The van der Waals surface area contributed by atoms with Gasteiger partial charge >= 0.3 is 0 Å². The van der Waals surface area contributed by atoms with Crippen LogP contribution in [0, 0.1) is 6.92 Å². The van der Waals surface area contributed by atoms with E-state index < -0.39 is 0 Å². The molecule has 1 N–H and O–H groups in total. The number of hydrogen-bond donors (Lipinski definition) is 1. The number of amides is 1. The molecule has 1 amide bonds. The summed E-state index contributed by atoms with van der Waals surface area (Å²) in [5.41, 5.74) is 1.72. The molecule has 2 aromatic heterocycles. The summed E-state index contributed by atoms with van der Waals surface area (Å²) < 4.78 is 2.18. The molecular formula is C18H17ClN4OS2. The van der Waals surface area contributed by atoms with Crippen LogP contribution >= 0.6 is 34.7 Å². The zero-order chi connectivity index (χ0) is 18.1. The lowest BCUT2D eigenvalue weighted by Gasteiger charge is -2.10. The van der Waals surface area contributed by atoms with E-state index in [0.29, 0.717) is 11.1 Å². The molecule has 8 heteroatoms. The number of nitrogens with zero attached hydrogens (tertiary/aromatic N) is 3. The number of rotatable bonds is 6. The first kappa shape index (κ1) is 17.6. The number of thioether (sulfide) groups is 1. The average molecular weight is 405 g/mol. The van der Waals surface area contributed by atoms with Gasteiger partial charge in [0, 0.05) is 16.8 Å². The molecule has 0 unspecified atom stereocenters. The molecular weight excluding hydrogens is 388 g/mol. The van der Waals surface area contributed by atoms with Crippen molar-refractivity contribution in [3.63, 3.8) is 0 Å². The van der Waals surface area contributed by atoms with Crippen LogP contribution in [0.4, 0.5) is 5.69 Å². The number of aromatic nitrogens is 3. The lowest BCUT2D eigenvalue weighted by atomic mass is 10.2.